The van der Waals surface area contributed by atoms with E-state index >= 15 is 0 Å². The van der Waals surface area contributed by atoms with E-state index < -0.39 is 0 Å². The van der Waals surface area contributed by atoms with Crippen LogP contribution in [0.25, 0.3) is 0 Å². The van der Waals surface area contributed by atoms with Crippen molar-refractivity contribution in [3.05, 3.63) is 0 Å². The molecule has 1 aliphatic heterocycles. The third kappa shape index (κ3) is 4.43. The van der Waals surface area contributed by atoms with E-state index in [1.165, 1.54) is 44.9 Å². The van der Waals surface area contributed by atoms with E-state index in [2.05, 4.69) is 17.1 Å². The van der Waals surface area contributed by atoms with Crippen LogP contribution < -0.4 is 5.32 Å². The van der Waals surface area contributed by atoms with E-state index in [-0.39, 0.29) is 5.91 Å². The Kier molecular flexibility index (Phi) is 5.17. The van der Waals surface area contributed by atoms with Gasteiger partial charge in [0.1, 0.15) is 0 Å². The summed E-state index contributed by atoms with van der Waals surface area (Å²) in [5.74, 6) is 0.936. The standard InChI is InChI=1S/C17H30N2O2/c1-13(14-8-9-14)18-17(20)12-19(15-5-2-3-6-15)11-16-7-4-10-21-16/h13-16H,2-12H2,1H3,(H,18,20)/t13-,16+/m0/s1. The van der Waals surface area contributed by atoms with Gasteiger partial charge in [-0.15, -0.1) is 0 Å². The molecule has 4 heteroatoms. The number of nitrogens with one attached hydrogen (secondary N) is 1. The molecule has 0 spiro atoms. The van der Waals surface area contributed by atoms with Crippen molar-refractivity contribution < 1.29 is 9.53 Å². The van der Waals surface area contributed by atoms with Crippen LogP contribution in [-0.4, -0.2) is 48.7 Å². The molecule has 2 aliphatic carbocycles. The zero-order valence-electron chi connectivity index (χ0n) is 13.4. The Morgan fingerprint density at radius 1 is 1.19 bits per heavy atom. The highest BCUT2D eigenvalue weighted by molar-refractivity contribution is 5.78. The highest BCUT2D eigenvalue weighted by atomic mass is 16.5. The van der Waals surface area contributed by atoms with Crippen molar-refractivity contribution >= 4 is 5.91 Å². The Morgan fingerprint density at radius 3 is 2.57 bits per heavy atom. The van der Waals surface area contributed by atoms with Gasteiger partial charge in [0.2, 0.25) is 5.91 Å². The second kappa shape index (κ2) is 7.10. The van der Waals surface area contributed by atoms with Crippen LogP contribution in [0.15, 0.2) is 0 Å². The van der Waals surface area contributed by atoms with Gasteiger partial charge >= 0.3 is 0 Å². The number of hydrogen-bond donors (Lipinski definition) is 1. The smallest absolute Gasteiger partial charge is 0.234 e. The van der Waals surface area contributed by atoms with Crippen LogP contribution in [0, 0.1) is 5.92 Å². The lowest BCUT2D eigenvalue weighted by molar-refractivity contribution is -0.124. The van der Waals surface area contributed by atoms with Gasteiger partial charge in [0, 0.05) is 25.2 Å². The second-order valence-electron chi connectivity index (χ2n) is 7.20. The summed E-state index contributed by atoms with van der Waals surface area (Å²) in [4.78, 5) is 14.7. The molecule has 0 aromatic rings. The van der Waals surface area contributed by atoms with Crippen molar-refractivity contribution in [2.45, 2.75) is 76.5 Å². The first kappa shape index (κ1) is 15.3. The summed E-state index contributed by atoms with van der Waals surface area (Å²) in [6.45, 7) is 4.54. The van der Waals surface area contributed by atoms with Gasteiger partial charge in [-0.2, -0.15) is 0 Å². The first-order chi connectivity index (χ1) is 10.2. The summed E-state index contributed by atoms with van der Waals surface area (Å²) in [5, 5.41) is 3.20. The number of rotatable bonds is 7. The molecule has 2 saturated carbocycles. The average molecular weight is 294 g/mol. The molecule has 0 aromatic heterocycles. The molecule has 1 saturated heterocycles. The molecule has 3 fully saturated rings. The molecule has 1 N–H and O–H groups in total. The van der Waals surface area contributed by atoms with Gasteiger partial charge < -0.3 is 10.1 Å². The molecule has 2 atom stereocenters. The third-order valence-electron chi connectivity index (χ3n) is 5.37. The van der Waals surface area contributed by atoms with Crippen molar-refractivity contribution in [1.82, 2.24) is 10.2 Å². The van der Waals surface area contributed by atoms with E-state index in [1.54, 1.807) is 0 Å². The van der Waals surface area contributed by atoms with Crippen molar-refractivity contribution in [3.8, 4) is 0 Å². The van der Waals surface area contributed by atoms with E-state index in [1.807, 2.05) is 0 Å². The average Bonchev–Trinajstić information content (AvgIpc) is 2.96. The minimum absolute atomic E-state index is 0.208. The highest BCUT2D eigenvalue weighted by Gasteiger charge is 2.31. The molecule has 120 valence electrons. The van der Waals surface area contributed by atoms with Crippen molar-refractivity contribution in [3.63, 3.8) is 0 Å². The van der Waals surface area contributed by atoms with E-state index in [0.29, 0.717) is 24.7 Å². The van der Waals surface area contributed by atoms with Gasteiger partial charge in [-0.05, 0) is 51.4 Å². The molecule has 0 aromatic carbocycles. The largest absolute Gasteiger partial charge is 0.377 e. The number of carbonyl (C=O) groups excluding carboxylic acids is 1. The maximum Gasteiger partial charge on any atom is 0.234 e. The monoisotopic (exact) mass is 294 g/mol. The summed E-state index contributed by atoms with van der Waals surface area (Å²) in [6.07, 6.45) is 10.4. The Hall–Kier alpha value is -0.610. The summed E-state index contributed by atoms with van der Waals surface area (Å²) < 4.78 is 5.78. The molecular formula is C17H30N2O2. The Labute approximate surface area is 128 Å². The topological polar surface area (TPSA) is 41.6 Å². The minimum atomic E-state index is 0.208. The van der Waals surface area contributed by atoms with Gasteiger partial charge in [-0.1, -0.05) is 12.8 Å². The van der Waals surface area contributed by atoms with E-state index in [9.17, 15) is 4.79 Å². The molecule has 4 nitrogen and oxygen atoms in total. The predicted octanol–water partition coefficient (Wildman–Crippen LogP) is 2.32. The van der Waals surface area contributed by atoms with Gasteiger partial charge in [0.05, 0.1) is 12.6 Å². The Morgan fingerprint density at radius 2 is 1.95 bits per heavy atom. The maximum atomic E-state index is 12.3. The molecule has 21 heavy (non-hydrogen) atoms. The zero-order valence-corrected chi connectivity index (χ0v) is 13.4. The zero-order chi connectivity index (χ0) is 14.7. The lowest BCUT2D eigenvalue weighted by Crippen LogP contribution is -2.47. The number of nitrogens with zero attached hydrogens (tertiary/aromatic N) is 1. The third-order valence-corrected chi connectivity index (χ3v) is 5.37. The number of hydrogen-bond acceptors (Lipinski definition) is 3. The van der Waals surface area contributed by atoms with Gasteiger partial charge in [-0.3, -0.25) is 9.69 Å². The molecule has 1 amide bonds. The van der Waals surface area contributed by atoms with Crippen LogP contribution in [0.3, 0.4) is 0 Å². The SMILES string of the molecule is C[C@H](NC(=O)CN(C[C@H]1CCCO1)C1CCCC1)C1CC1. The lowest BCUT2D eigenvalue weighted by atomic mass is 10.1. The molecule has 3 rings (SSSR count). The van der Waals surface area contributed by atoms with Crippen LogP contribution in [0.1, 0.15) is 58.3 Å². The predicted molar refractivity (Wildman–Crippen MR) is 83.1 cm³/mol. The molecule has 0 radical (unpaired) electrons. The normalized spacial score (nSPS) is 28.2. The Balaban J connectivity index is 1.51. The summed E-state index contributed by atoms with van der Waals surface area (Å²) in [6, 6.07) is 0.946. The van der Waals surface area contributed by atoms with Crippen LogP contribution in [-0.2, 0) is 9.53 Å². The van der Waals surface area contributed by atoms with Crippen LogP contribution in [0.5, 0.6) is 0 Å². The summed E-state index contributed by atoms with van der Waals surface area (Å²) >= 11 is 0. The summed E-state index contributed by atoms with van der Waals surface area (Å²) in [5.41, 5.74) is 0. The van der Waals surface area contributed by atoms with Gasteiger partial charge in [0.25, 0.3) is 0 Å². The second-order valence-corrected chi connectivity index (χ2v) is 7.20. The Bertz CT molecular complexity index is 345. The van der Waals surface area contributed by atoms with Crippen molar-refractivity contribution in [2.75, 3.05) is 19.7 Å². The van der Waals surface area contributed by atoms with Gasteiger partial charge in [-0.25, -0.2) is 0 Å². The van der Waals surface area contributed by atoms with Crippen LogP contribution in [0.2, 0.25) is 0 Å². The molecule has 0 bridgehead atoms. The number of carbonyl (C=O) groups is 1. The van der Waals surface area contributed by atoms with E-state index in [0.717, 1.165) is 25.5 Å². The fraction of sp³-hybridized carbons (Fsp3) is 0.941. The van der Waals surface area contributed by atoms with Crippen LogP contribution >= 0.6 is 0 Å². The molecular weight excluding hydrogens is 264 g/mol. The fourth-order valence-electron chi connectivity index (χ4n) is 3.86. The number of ether oxygens (including phenoxy) is 1. The molecule has 0 unspecified atom stereocenters. The first-order valence-electron chi connectivity index (χ1n) is 8.87. The van der Waals surface area contributed by atoms with Crippen molar-refractivity contribution in [1.29, 1.82) is 0 Å². The fourth-order valence-corrected chi connectivity index (χ4v) is 3.86. The molecule has 3 aliphatic rings. The number of amides is 1. The first-order valence-corrected chi connectivity index (χ1v) is 8.87. The van der Waals surface area contributed by atoms with Gasteiger partial charge in [0.15, 0.2) is 0 Å². The van der Waals surface area contributed by atoms with E-state index in [4.69, 9.17) is 4.74 Å². The maximum absolute atomic E-state index is 12.3. The lowest BCUT2D eigenvalue weighted by Gasteiger charge is -2.30. The molecule has 1 heterocycles. The quantitative estimate of drug-likeness (QED) is 0.783. The highest BCUT2D eigenvalue weighted by Crippen LogP contribution is 2.32. The summed E-state index contributed by atoms with van der Waals surface area (Å²) in [7, 11) is 0. The minimum Gasteiger partial charge on any atom is -0.377 e. The van der Waals surface area contributed by atoms with Crippen molar-refractivity contribution in [2.24, 2.45) is 5.92 Å². The van der Waals surface area contributed by atoms with Crippen LogP contribution in [0.4, 0.5) is 0 Å².